The number of rotatable bonds is 4. The second-order valence-electron chi connectivity index (χ2n) is 6.83. The molecule has 0 atom stereocenters. The summed E-state index contributed by atoms with van der Waals surface area (Å²) in [6.07, 6.45) is 0. The molecule has 0 aliphatic carbocycles. The first-order chi connectivity index (χ1) is 11.7. The van der Waals surface area contributed by atoms with Crippen molar-refractivity contribution < 1.29 is 8.42 Å². The summed E-state index contributed by atoms with van der Waals surface area (Å²) >= 11 is 1.97. The van der Waals surface area contributed by atoms with Gasteiger partial charge in [0.25, 0.3) is 0 Å². The van der Waals surface area contributed by atoms with Gasteiger partial charge in [-0.25, -0.2) is 12.7 Å². The van der Waals surface area contributed by atoms with Crippen LogP contribution in [0.15, 0.2) is 34.2 Å². The van der Waals surface area contributed by atoms with Gasteiger partial charge < -0.3 is 10.2 Å². The van der Waals surface area contributed by atoms with Crippen molar-refractivity contribution in [3.8, 4) is 0 Å². The monoisotopic (exact) mass is 512 g/mol. The van der Waals surface area contributed by atoms with Crippen LogP contribution >= 0.6 is 35.7 Å². The maximum atomic E-state index is 12.5. The van der Waals surface area contributed by atoms with E-state index in [4.69, 9.17) is 0 Å². The van der Waals surface area contributed by atoms with E-state index in [-0.39, 0.29) is 28.7 Å². The topological polar surface area (TPSA) is 65.0 Å². The van der Waals surface area contributed by atoms with E-state index in [0.717, 1.165) is 30.4 Å². The molecule has 1 saturated heterocycles. The third kappa shape index (κ3) is 5.74. The molecule has 0 aromatic heterocycles. The Labute approximate surface area is 178 Å². The van der Waals surface area contributed by atoms with Crippen LogP contribution < -0.4 is 5.32 Å². The van der Waals surface area contributed by atoms with Crippen LogP contribution in [0.2, 0.25) is 0 Å². The average molecular weight is 512 g/mol. The van der Waals surface area contributed by atoms with Crippen LogP contribution in [-0.4, -0.2) is 68.3 Å². The Morgan fingerprint density at radius 2 is 2.00 bits per heavy atom. The summed E-state index contributed by atoms with van der Waals surface area (Å²) in [6, 6.07) is 7.09. The molecule has 1 aliphatic heterocycles. The second-order valence-corrected chi connectivity index (χ2v) is 10.7. The van der Waals surface area contributed by atoms with Crippen LogP contribution in [0.4, 0.5) is 0 Å². The summed E-state index contributed by atoms with van der Waals surface area (Å²) in [5.41, 5.74) is 0.739. The predicted molar refractivity (Wildman–Crippen MR) is 121 cm³/mol. The number of thioether (sulfide) groups is 1. The van der Waals surface area contributed by atoms with Crippen LogP contribution in [0, 0.1) is 0 Å². The third-order valence-corrected chi connectivity index (χ3v) is 7.32. The maximum absolute atomic E-state index is 12.5. The Kier molecular flexibility index (Phi) is 8.69. The molecule has 0 unspecified atom stereocenters. The normalized spacial score (nSPS) is 17.8. The van der Waals surface area contributed by atoms with E-state index in [0.29, 0.717) is 11.4 Å². The Morgan fingerprint density at radius 3 is 2.58 bits per heavy atom. The first kappa shape index (κ1) is 23.5. The summed E-state index contributed by atoms with van der Waals surface area (Å²) in [6.45, 7) is 6.73. The number of sulfonamides is 1. The smallest absolute Gasteiger partial charge is 0.242 e. The SMILES string of the molecule is CN=C(NCc1ccccc1S(=O)(=O)N(C)C)N1CCSC(C)(C)C1.I. The van der Waals surface area contributed by atoms with Crippen molar-refractivity contribution >= 4 is 51.7 Å². The van der Waals surface area contributed by atoms with Gasteiger partial charge in [-0.3, -0.25) is 4.99 Å². The highest BCUT2D eigenvalue weighted by molar-refractivity contribution is 14.0. The summed E-state index contributed by atoms with van der Waals surface area (Å²) in [5, 5.41) is 3.33. The number of benzene rings is 1. The third-order valence-electron chi connectivity index (χ3n) is 4.11. The minimum absolute atomic E-state index is 0. The van der Waals surface area contributed by atoms with Crippen LogP contribution in [0.1, 0.15) is 19.4 Å². The molecular formula is C17H29IN4O2S2. The van der Waals surface area contributed by atoms with Crippen molar-refractivity contribution in [2.24, 2.45) is 4.99 Å². The van der Waals surface area contributed by atoms with Crippen molar-refractivity contribution in [2.45, 2.75) is 30.0 Å². The standard InChI is InChI=1S/C17H28N4O2S2.HI/c1-17(2)13-21(10-11-24-17)16(18-3)19-12-14-8-6-7-9-15(14)25(22,23)20(4)5;/h6-9H,10-13H2,1-5H3,(H,18,19);1H. The molecular weight excluding hydrogens is 483 g/mol. The zero-order chi connectivity index (χ0) is 18.7. The van der Waals surface area contributed by atoms with Crippen LogP contribution in [0.25, 0.3) is 0 Å². The van der Waals surface area contributed by atoms with Gasteiger partial charge in [-0.05, 0) is 25.5 Å². The molecule has 0 bridgehead atoms. The minimum atomic E-state index is -3.47. The number of hydrogen-bond acceptors (Lipinski definition) is 4. The van der Waals surface area contributed by atoms with Crippen LogP contribution in [0.5, 0.6) is 0 Å². The van der Waals surface area contributed by atoms with E-state index in [1.54, 1.807) is 33.3 Å². The van der Waals surface area contributed by atoms with Crippen LogP contribution in [0.3, 0.4) is 0 Å². The van der Waals surface area contributed by atoms with E-state index in [9.17, 15) is 8.42 Å². The Morgan fingerprint density at radius 1 is 1.35 bits per heavy atom. The summed E-state index contributed by atoms with van der Waals surface area (Å²) < 4.78 is 26.4. The van der Waals surface area contributed by atoms with Gasteiger partial charge in [0, 0.05) is 51.3 Å². The van der Waals surface area contributed by atoms with Crippen molar-refractivity contribution in [3.05, 3.63) is 29.8 Å². The van der Waals surface area contributed by atoms with Gasteiger partial charge in [0.2, 0.25) is 10.0 Å². The molecule has 0 radical (unpaired) electrons. The Hall–Kier alpha value is -0.520. The van der Waals surface area contributed by atoms with E-state index in [1.165, 1.54) is 4.31 Å². The number of nitrogens with one attached hydrogen (secondary N) is 1. The van der Waals surface area contributed by atoms with Gasteiger partial charge in [0.05, 0.1) is 4.90 Å². The van der Waals surface area contributed by atoms with E-state index < -0.39 is 10.0 Å². The molecule has 2 rings (SSSR count). The number of nitrogens with zero attached hydrogens (tertiary/aromatic N) is 3. The fourth-order valence-corrected chi connectivity index (χ4v) is 5.03. The Balaban J connectivity index is 0.00000338. The summed E-state index contributed by atoms with van der Waals surface area (Å²) in [5.74, 6) is 1.87. The second kappa shape index (κ2) is 9.61. The fourth-order valence-electron chi connectivity index (χ4n) is 2.80. The molecule has 1 heterocycles. The molecule has 1 aromatic carbocycles. The van der Waals surface area contributed by atoms with Gasteiger partial charge in [0.1, 0.15) is 0 Å². The molecule has 148 valence electrons. The molecule has 6 nitrogen and oxygen atoms in total. The van der Waals surface area contributed by atoms with Crippen molar-refractivity contribution in [1.29, 1.82) is 0 Å². The lowest BCUT2D eigenvalue weighted by Crippen LogP contribution is -2.50. The lowest BCUT2D eigenvalue weighted by atomic mass is 10.2. The van der Waals surface area contributed by atoms with Gasteiger partial charge in [0.15, 0.2) is 5.96 Å². The first-order valence-corrected chi connectivity index (χ1v) is 10.7. The zero-order valence-electron chi connectivity index (χ0n) is 16.0. The number of hydrogen-bond donors (Lipinski definition) is 1. The minimum Gasteiger partial charge on any atom is -0.352 e. The highest BCUT2D eigenvalue weighted by Gasteiger charge is 2.29. The predicted octanol–water partition coefficient (Wildman–Crippen LogP) is 2.46. The van der Waals surface area contributed by atoms with Crippen LogP contribution in [-0.2, 0) is 16.6 Å². The number of halogens is 1. The molecule has 1 aliphatic rings. The van der Waals surface area contributed by atoms with Crippen molar-refractivity contribution in [1.82, 2.24) is 14.5 Å². The molecule has 1 fully saturated rings. The average Bonchev–Trinajstić information content (AvgIpc) is 2.54. The molecule has 0 spiro atoms. The molecule has 0 amide bonds. The number of guanidine groups is 1. The lowest BCUT2D eigenvalue weighted by molar-refractivity contribution is 0.375. The molecule has 26 heavy (non-hydrogen) atoms. The maximum Gasteiger partial charge on any atom is 0.242 e. The van der Waals surface area contributed by atoms with E-state index in [2.05, 4.69) is 29.1 Å². The lowest BCUT2D eigenvalue weighted by Gasteiger charge is -2.39. The highest BCUT2D eigenvalue weighted by atomic mass is 127. The molecule has 1 aromatic rings. The zero-order valence-corrected chi connectivity index (χ0v) is 20.0. The first-order valence-electron chi connectivity index (χ1n) is 8.27. The number of aliphatic imine (C=N–C) groups is 1. The van der Waals surface area contributed by atoms with Gasteiger partial charge >= 0.3 is 0 Å². The van der Waals surface area contributed by atoms with Crippen molar-refractivity contribution in [3.63, 3.8) is 0 Å². The molecule has 0 saturated carbocycles. The van der Waals surface area contributed by atoms with Gasteiger partial charge in [-0.1, -0.05) is 18.2 Å². The van der Waals surface area contributed by atoms with E-state index in [1.807, 2.05) is 23.9 Å². The quantitative estimate of drug-likeness (QED) is 0.382. The highest BCUT2D eigenvalue weighted by Crippen LogP contribution is 2.29. The summed E-state index contributed by atoms with van der Waals surface area (Å²) in [7, 11) is 1.39. The van der Waals surface area contributed by atoms with Crippen molar-refractivity contribution in [2.75, 3.05) is 40.0 Å². The fraction of sp³-hybridized carbons (Fsp3) is 0.588. The van der Waals surface area contributed by atoms with Gasteiger partial charge in [-0.15, -0.1) is 24.0 Å². The molecule has 9 heteroatoms. The van der Waals surface area contributed by atoms with Gasteiger partial charge in [-0.2, -0.15) is 11.8 Å². The molecule has 1 N–H and O–H groups in total. The largest absolute Gasteiger partial charge is 0.352 e. The van der Waals surface area contributed by atoms with E-state index >= 15 is 0 Å². The summed E-state index contributed by atoms with van der Waals surface area (Å²) in [4.78, 5) is 6.95. The Bertz CT molecular complexity index is 736.